The second-order valence-corrected chi connectivity index (χ2v) is 6.83. The number of hydrogen-bond acceptors (Lipinski definition) is 4. The molecule has 0 spiro atoms. The summed E-state index contributed by atoms with van der Waals surface area (Å²) in [4.78, 5) is 12.0. The predicted molar refractivity (Wildman–Crippen MR) is 76.9 cm³/mol. The molecule has 0 aliphatic heterocycles. The van der Waals surface area contributed by atoms with E-state index in [9.17, 15) is 27.5 Å². The third-order valence-electron chi connectivity index (χ3n) is 2.37. The van der Waals surface area contributed by atoms with Crippen LogP contribution < -0.4 is 10.4 Å². The van der Waals surface area contributed by atoms with Gasteiger partial charge in [0.1, 0.15) is 5.75 Å². The molecule has 1 aromatic carbocycles. The third-order valence-corrected chi connectivity index (χ3v) is 3.45. The lowest BCUT2D eigenvalue weighted by Crippen LogP contribution is -2.22. The van der Waals surface area contributed by atoms with Crippen molar-refractivity contribution in [1.29, 1.82) is 0 Å². The van der Waals surface area contributed by atoms with Gasteiger partial charge in [0.15, 0.2) is 0 Å². The molecule has 0 saturated heterocycles. The number of halogens is 6. The van der Waals surface area contributed by atoms with Crippen LogP contribution in [-0.4, -0.2) is 23.9 Å². The van der Waals surface area contributed by atoms with E-state index >= 15 is 0 Å². The van der Waals surface area contributed by atoms with Crippen molar-refractivity contribution < 1.29 is 27.4 Å². The predicted octanol–water partition coefficient (Wildman–Crippen LogP) is 3.80. The summed E-state index contributed by atoms with van der Waals surface area (Å²) < 4.78 is 51.6. The topological polar surface area (TPSA) is 56.4 Å². The zero-order chi connectivity index (χ0) is 17.4. The van der Waals surface area contributed by atoms with Crippen molar-refractivity contribution >= 4 is 35.1 Å². The van der Waals surface area contributed by atoms with Gasteiger partial charge in [-0.3, -0.25) is 0 Å². The van der Waals surface area contributed by atoms with E-state index in [1.54, 1.807) is 0 Å². The lowest BCUT2D eigenvalue weighted by atomic mass is 10.3. The highest BCUT2D eigenvalue weighted by Crippen LogP contribution is 2.37. The molecule has 0 amide bonds. The number of nitrogens with zero attached hydrogens (tertiary/aromatic N) is 2. The van der Waals surface area contributed by atoms with Crippen LogP contribution in [0.5, 0.6) is 11.6 Å². The first kappa shape index (κ1) is 17.8. The van der Waals surface area contributed by atoms with E-state index in [4.69, 9.17) is 23.2 Å². The Morgan fingerprint density at radius 2 is 1.70 bits per heavy atom. The lowest BCUT2D eigenvalue weighted by molar-refractivity contribution is -0.274. The number of rotatable bonds is 4. The van der Waals surface area contributed by atoms with Gasteiger partial charge in [0, 0.05) is 11.9 Å². The van der Waals surface area contributed by atoms with E-state index < -0.39 is 27.6 Å². The van der Waals surface area contributed by atoms with Gasteiger partial charge in [-0.2, -0.15) is 4.39 Å². The van der Waals surface area contributed by atoms with Gasteiger partial charge < -0.3 is 9.84 Å². The van der Waals surface area contributed by atoms with Gasteiger partial charge in [-0.1, -0.05) is 23.2 Å². The number of ether oxygens (including phenoxy) is 1. The van der Waals surface area contributed by atoms with Crippen LogP contribution in [0.3, 0.4) is 0 Å². The molecule has 126 valence electrons. The van der Waals surface area contributed by atoms with Crippen molar-refractivity contribution in [2.75, 3.05) is 0 Å². The smallest absolute Gasteiger partial charge is 0.493 e. The average molecular weight is 393 g/mol. The summed E-state index contributed by atoms with van der Waals surface area (Å²) >= 11 is 10.3. The van der Waals surface area contributed by atoms with Gasteiger partial charge in [0.25, 0.3) is 0 Å². The van der Waals surface area contributed by atoms with E-state index in [2.05, 4.69) is 4.74 Å². The van der Waals surface area contributed by atoms with Crippen molar-refractivity contribution in [1.82, 2.24) is 8.54 Å². The minimum atomic E-state index is -4.86. The van der Waals surface area contributed by atoms with E-state index in [0.717, 1.165) is 30.5 Å². The van der Waals surface area contributed by atoms with Crippen LogP contribution in [0.25, 0.3) is 5.69 Å². The summed E-state index contributed by atoms with van der Waals surface area (Å²) in [5, 5.41) is 9.73. The van der Waals surface area contributed by atoms with Crippen molar-refractivity contribution in [3.8, 4) is 17.3 Å². The fraction of sp³-hybridized carbons (Fsp3) is 0.182. The summed E-state index contributed by atoms with van der Waals surface area (Å²) in [5.74, 6) is -1.10. The SMILES string of the molecule is O=c1n(SC(F)(Cl)Cl)cc(O)n1-c1ccc(OC(F)(F)F)cc1. The van der Waals surface area contributed by atoms with E-state index in [1.807, 2.05) is 0 Å². The van der Waals surface area contributed by atoms with Crippen molar-refractivity contribution in [2.24, 2.45) is 0 Å². The van der Waals surface area contributed by atoms with Crippen molar-refractivity contribution in [3.05, 3.63) is 40.9 Å². The molecule has 1 N–H and O–H groups in total. The van der Waals surface area contributed by atoms with Gasteiger partial charge in [-0.05, 0) is 24.3 Å². The zero-order valence-corrected chi connectivity index (χ0v) is 13.0. The molecule has 0 atom stereocenters. The number of aromatic nitrogens is 2. The largest absolute Gasteiger partial charge is 0.573 e. The van der Waals surface area contributed by atoms with Crippen LogP contribution in [0.15, 0.2) is 35.3 Å². The Morgan fingerprint density at radius 1 is 1.13 bits per heavy atom. The Kier molecular flexibility index (Phi) is 4.79. The van der Waals surface area contributed by atoms with Crippen LogP contribution in [0.2, 0.25) is 0 Å². The molecule has 1 aromatic heterocycles. The molecule has 0 radical (unpaired) electrons. The van der Waals surface area contributed by atoms with Gasteiger partial charge in [-0.15, -0.1) is 13.2 Å². The van der Waals surface area contributed by atoms with E-state index in [1.165, 1.54) is 0 Å². The molecule has 1 heterocycles. The monoisotopic (exact) mass is 392 g/mol. The Labute approximate surface area is 140 Å². The third kappa shape index (κ3) is 4.72. The van der Waals surface area contributed by atoms with Crippen molar-refractivity contribution in [2.45, 2.75) is 10.3 Å². The van der Waals surface area contributed by atoms with Crippen molar-refractivity contribution in [3.63, 3.8) is 0 Å². The Balaban J connectivity index is 2.34. The molecule has 12 heteroatoms. The maximum Gasteiger partial charge on any atom is 0.573 e. The van der Waals surface area contributed by atoms with Crippen LogP contribution in [-0.2, 0) is 0 Å². The number of imidazole rings is 1. The first-order valence-electron chi connectivity index (χ1n) is 5.62. The average Bonchev–Trinajstić information content (AvgIpc) is 2.62. The van der Waals surface area contributed by atoms with Crippen LogP contribution in [0.1, 0.15) is 0 Å². The fourth-order valence-electron chi connectivity index (χ4n) is 1.63. The van der Waals surface area contributed by atoms with Crippen LogP contribution in [0, 0.1) is 0 Å². The summed E-state index contributed by atoms with van der Waals surface area (Å²) in [6.07, 6.45) is -4.00. The maximum atomic E-state index is 13.1. The first-order valence-corrected chi connectivity index (χ1v) is 7.15. The summed E-state index contributed by atoms with van der Waals surface area (Å²) in [5.41, 5.74) is -0.893. The molecular formula is C11H6Cl2F4N2O3S. The minimum absolute atomic E-state index is 0.0231. The molecule has 2 aromatic rings. The second-order valence-electron chi connectivity index (χ2n) is 4.01. The highest BCUT2D eigenvalue weighted by molar-refractivity contribution is 8.01. The van der Waals surface area contributed by atoms with Crippen LogP contribution >= 0.6 is 35.1 Å². The highest BCUT2D eigenvalue weighted by atomic mass is 35.5. The number of hydrogen-bond donors (Lipinski definition) is 1. The standard InChI is InChI=1S/C11H6Cl2F4N2O3S/c12-10(13,14)23-18-5-8(20)19(9(18)21)6-1-3-7(4-2-6)22-11(15,16)17/h1-5,20H. The van der Waals surface area contributed by atoms with E-state index in [-0.39, 0.29) is 17.6 Å². The Bertz CT molecular complexity index is 753. The first-order chi connectivity index (χ1) is 10.5. The normalized spacial score (nSPS) is 12.4. The quantitative estimate of drug-likeness (QED) is 0.635. The molecule has 23 heavy (non-hydrogen) atoms. The molecule has 0 aliphatic rings. The Morgan fingerprint density at radius 3 is 2.17 bits per heavy atom. The maximum absolute atomic E-state index is 13.1. The zero-order valence-electron chi connectivity index (χ0n) is 10.7. The molecule has 5 nitrogen and oxygen atoms in total. The molecule has 0 fully saturated rings. The van der Waals surface area contributed by atoms with Crippen LogP contribution in [0.4, 0.5) is 17.6 Å². The summed E-state index contributed by atoms with van der Waals surface area (Å²) in [6, 6.07) is 4.09. The molecule has 0 aliphatic carbocycles. The van der Waals surface area contributed by atoms with Gasteiger partial charge in [-0.25, -0.2) is 13.3 Å². The summed E-state index contributed by atoms with van der Waals surface area (Å²) in [7, 11) is 0. The Hall–Kier alpha value is -1.52. The van der Waals surface area contributed by atoms with E-state index in [0.29, 0.717) is 8.54 Å². The minimum Gasteiger partial charge on any atom is -0.493 e. The lowest BCUT2D eigenvalue weighted by Gasteiger charge is -2.09. The highest BCUT2D eigenvalue weighted by Gasteiger charge is 2.31. The molecule has 0 unspecified atom stereocenters. The molecular weight excluding hydrogens is 387 g/mol. The summed E-state index contributed by atoms with van der Waals surface area (Å²) in [6.45, 7) is 0. The second kappa shape index (κ2) is 6.17. The fourth-order valence-corrected chi connectivity index (χ4v) is 2.61. The van der Waals surface area contributed by atoms with Gasteiger partial charge >= 0.3 is 16.0 Å². The van der Waals surface area contributed by atoms with Gasteiger partial charge in [0.2, 0.25) is 5.88 Å². The van der Waals surface area contributed by atoms with Gasteiger partial charge in [0.05, 0.1) is 11.9 Å². The molecule has 0 bridgehead atoms. The molecule has 2 rings (SSSR count). The molecule has 0 saturated carbocycles. The number of alkyl halides is 6. The number of benzene rings is 1. The number of aromatic hydroxyl groups is 1.